The molecule has 18 heavy (non-hydrogen) atoms. The van der Waals surface area contributed by atoms with E-state index in [1.807, 2.05) is 13.8 Å². The number of ether oxygens (including phenoxy) is 1. The fraction of sp³-hybridized carbons (Fsp3) is 0.929. The fourth-order valence-corrected chi connectivity index (χ4v) is 5.87. The molecule has 1 aliphatic carbocycles. The van der Waals surface area contributed by atoms with Gasteiger partial charge in [0.2, 0.25) is 0 Å². The number of hydrogen-bond acceptors (Lipinski definition) is 4. The SMILES string of the molecule is C[C@@H]1CC[C@H]2[C@@H](C)C(=O)O[C@]3(C)SCC[C@@H]1[C@@]23O. The zero-order valence-electron chi connectivity index (χ0n) is 11.3. The number of esters is 1. The first-order chi connectivity index (χ1) is 8.40. The average Bonchev–Trinajstić information content (AvgIpc) is 2.30. The van der Waals surface area contributed by atoms with E-state index in [4.69, 9.17) is 4.74 Å². The van der Waals surface area contributed by atoms with Crippen LogP contribution in [0.2, 0.25) is 0 Å². The lowest BCUT2D eigenvalue weighted by molar-refractivity contribution is -0.249. The molecule has 0 radical (unpaired) electrons. The molecule has 3 fully saturated rings. The number of thioether (sulfide) groups is 1. The van der Waals surface area contributed by atoms with Gasteiger partial charge in [-0.3, -0.25) is 4.79 Å². The molecular weight excluding hydrogens is 248 g/mol. The van der Waals surface area contributed by atoms with Crippen LogP contribution in [0.5, 0.6) is 0 Å². The third-order valence-electron chi connectivity index (χ3n) is 5.55. The van der Waals surface area contributed by atoms with Gasteiger partial charge in [0.25, 0.3) is 0 Å². The topological polar surface area (TPSA) is 46.5 Å². The molecule has 3 aliphatic rings. The van der Waals surface area contributed by atoms with E-state index in [2.05, 4.69) is 6.92 Å². The second-order valence-corrected chi connectivity index (χ2v) is 7.86. The van der Waals surface area contributed by atoms with Crippen molar-refractivity contribution < 1.29 is 14.6 Å². The molecular formula is C14H22O3S. The van der Waals surface area contributed by atoms with Gasteiger partial charge in [-0.05, 0) is 43.8 Å². The van der Waals surface area contributed by atoms with Crippen LogP contribution in [0.1, 0.15) is 40.0 Å². The minimum atomic E-state index is -0.832. The van der Waals surface area contributed by atoms with Crippen molar-refractivity contribution in [2.24, 2.45) is 23.7 Å². The van der Waals surface area contributed by atoms with Crippen LogP contribution in [-0.2, 0) is 9.53 Å². The third-order valence-corrected chi connectivity index (χ3v) is 6.96. The molecule has 2 heterocycles. The highest BCUT2D eigenvalue weighted by Crippen LogP contribution is 2.61. The normalized spacial score (nSPS) is 55.7. The summed E-state index contributed by atoms with van der Waals surface area (Å²) in [4.78, 5) is 11.3. The second kappa shape index (κ2) is 3.89. The third kappa shape index (κ3) is 1.39. The lowest BCUT2D eigenvalue weighted by atomic mass is 9.56. The lowest BCUT2D eigenvalue weighted by Crippen LogP contribution is -2.71. The molecule has 0 aromatic rings. The zero-order valence-corrected chi connectivity index (χ0v) is 12.1. The number of rotatable bonds is 0. The van der Waals surface area contributed by atoms with Gasteiger partial charge in [-0.25, -0.2) is 0 Å². The van der Waals surface area contributed by atoms with Gasteiger partial charge in [-0.2, -0.15) is 0 Å². The smallest absolute Gasteiger partial charge is 0.310 e. The van der Waals surface area contributed by atoms with Gasteiger partial charge < -0.3 is 9.84 Å². The summed E-state index contributed by atoms with van der Waals surface area (Å²) in [5, 5.41) is 11.4. The summed E-state index contributed by atoms with van der Waals surface area (Å²) in [5.41, 5.74) is -0.832. The van der Waals surface area contributed by atoms with E-state index in [1.54, 1.807) is 11.8 Å². The van der Waals surface area contributed by atoms with Gasteiger partial charge in [0.1, 0.15) is 5.60 Å². The Labute approximate surface area is 113 Å². The standard InChI is InChI=1S/C14H22O3S/c1-8-4-5-11-9(2)12(15)17-13(3)14(11,16)10(8)6-7-18-13/h8-11,16H,4-7H2,1-3H3/t8-,9-,10+,11+,13-,14-/m1/s1. The van der Waals surface area contributed by atoms with Crippen molar-refractivity contribution in [1.82, 2.24) is 0 Å². The van der Waals surface area contributed by atoms with Crippen LogP contribution >= 0.6 is 11.8 Å². The molecule has 1 saturated carbocycles. The molecule has 6 atom stereocenters. The highest BCUT2D eigenvalue weighted by molar-refractivity contribution is 8.00. The van der Waals surface area contributed by atoms with Crippen LogP contribution in [0.15, 0.2) is 0 Å². The second-order valence-electron chi connectivity index (χ2n) is 6.39. The molecule has 102 valence electrons. The number of hydrogen-bond donors (Lipinski definition) is 1. The van der Waals surface area contributed by atoms with Crippen molar-refractivity contribution in [3.63, 3.8) is 0 Å². The van der Waals surface area contributed by atoms with Crippen molar-refractivity contribution in [1.29, 1.82) is 0 Å². The molecule has 3 nitrogen and oxygen atoms in total. The quantitative estimate of drug-likeness (QED) is 0.687. The molecule has 0 spiro atoms. The van der Waals surface area contributed by atoms with Gasteiger partial charge in [-0.15, -0.1) is 11.8 Å². The summed E-state index contributed by atoms with van der Waals surface area (Å²) in [6.07, 6.45) is 3.11. The van der Waals surface area contributed by atoms with E-state index in [0.29, 0.717) is 5.92 Å². The van der Waals surface area contributed by atoms with Crippen LogP contribution in [0.3, 0.4) is 0 Å². The summed E-state index contributed by atoms with van der Waals surface area (Å²) in [6, 6.07) is 0. The summed E-state index contributed by atoms with van der Waals surface area (Å²) in [5.74, 6) is 1.54. The molecule has 2 aliphatic heterocycles. The van der Waals surface area contributed by atoms with Crippen molar-refractivity contribution in [2.45, 2.75) is 50.6 Å². The van der Waals surface area contributed by atoms with Crippen molar-refractivity contribution in [3.05, 3.63) is 0 Å². The number of carbonyl (C=O) groups excluding carboxylic acids is 1. The maximum atomic E-state index is 12.0. The highest BCUT2D eigenvalue weighted by atomic mass is 32.2. The predicted octanol–water partition coefficient (Wildman–Crippen LogP) is 2.43. The minimum Gasteiger partial charge on any atom is -0.445 e. The molecule has 0 unspecified atom stereocenters. The minimum absolute atomic E-state index is 0.0674. The zero-order chi connectivity index (χ0) is 13.1. The summed E-state index contributed by atoms with van der Waals surface area (Å²) in [7, 11) is 0. The molecule has 1 N–H and O–H groups in total. The van der Waals surface area contributed by atoms with Gasteiger partial charge in [-0.1, -0.05) is 13.8 Å². The molecule has 0 aromatic heterocycles. The first-order valence-electron chi connectivity index (χ1n) is 6.99. The van der Waals surface area contributed by atoms with Crippen molar-refractivity contribution in [2.75, 3.05) is 5.75 Å². The Morgan fingerprint density at radius 2 is 2.00 bits per heavy atom. The van der Waals surface area contributed by atoms with Crippen LogP contribution in [0, 0.1) is 23.7 Å². The first-order valence-corrected chi connectivity index (χ1v) is 7.98. The summed E-state index contributed by atoms with van der Waals surface area (Å²) in [6.45, 7) is 6.06. The largest absolute Gasteiger partial charge is 0.445 e. The molecule has 2 saturated heterocycles. The average molecular weight is 270 g/mol. The van der Waals surface area contributed by atoms with Gasteiger partial charge in [0, 0.05) is 5.92 Å². The molecule has 0 amide bonds. The number of carbonyl (C=O) groups is 1. The van der Waals surface area contributed by atoms with Crippen molar-refractivity contribution >= 4 is 17.7 Å². The summed E-state index contributed by atoms with van der Waals surface area (Å²) < 4.78 is 5.65. The first kappa shape index (κ1) is 12.8. The Kier molecular flexibility index (Phi) is 2.76. The lowest BCUT2D eigenvalue weighted by Gasteiger charge is -2.62. The van der Waals surface area contributed by atoms with Crippen LogP contribution < -0.4 is 0 Å². The van der Waals surface area contributed by atoms with Gasteiger partial charge in [0.05, 0.1) is 5.92 Å². The Hall–Kier alpha value is -0.220. The van der Waals surface area contributed by atoms with E-state index in [0.717, 1.165) is 25.0 Å². The maximum absolute atomic E-state index is 12.0. The van der Waals surface area contributed by atoms with Crippen LogP contribution in [0.4, 0.5) is 0 Å². The summed E-state index contributed by atoms with van der Waals surface area (Å²) >= 11 is 1.62. The molecule has 3 rings (SSSR count). The number of aliphatic hydroxyl groups is 1. The molecule has 4 heteroatoms. The Bertz CT molecular complexity index is 385. The Balaban J connectivity index is 2.08. The van der Waals surface area contributed by atoms with Gasteiger partial charge >= 0.3 is 5.97 Å². The monoisotopic (exact) mass is 270 g/mol. The van der Waals surface area contributed by atoms with E-state index in [9.17, 15) is 9.90 Å². The fourth-order valence-electron chi connectivity index (χ4n) is 4.44. The molecule has 0 aromatic carbocycles. The predicted molar refractivity (Wildman–Crippen MR) is 71.1 cm³/mol. The van der Waals surface area contributed by atoms with Crippen LogP contribution in [-0.4, -0.2) is 27.4 Å². The van der Waals surface area contributed by atoms with Crippen LogP contribution in [0.25, 0.3) is 0 Å². The van der Waals surface area contributed by atoms with Gasteiger partial charge in [0.15, 0.2) is 4.93 Å². The van der Waals surface area contributed by atoms with Crippen molar-refractivity contribution in [3.8, 4) is 0 Å². The van der Waals surface area contributed by atoms with E-state index in [1.165, 1.54) is 0 Å². The van der Waals surface area contributed by atoms with E-state index in [-0.39, 0.29) is 23.7 Å². The van der Waals surface area contributed by atoms with E-state index >= 15 is 0 Å². The molecule has 0 bridgehead atoms. The Morgan fingerprint density at radius 3 is 2.72 bits per heavy atom. The Morgan fingerprint density at radius 1 is 1.28 bits per heavy atom. The van der Waals surface area contributed by atoms with E-state index < -0.39 is 10.5 Å². The highest BCUT2D eigenvalue weighted by Gasteiger charge is 2.68. The maximum Gasteiger partial charge on any atom is 0.310 e.